The third-order valence-electron chi connectivity index (χ3n) is 2.84. The number of unbranched alkanes of at least 4 members (excludes halogenated alkanes) is 1. The van der Waals surface area contributed by atoms with Gasteiger partial charge in [0.1, 0.15) is 0 Å². The van der Waals surface area contributed by atoms with E-state index in [2.05, 4.69) is 16.6 Å². The Morgan fingerprint density at radius 3 is 3.12 bits per heavy atom. The molecule has 0 amide bonds. The Hall–Kier alpha value is -0.870. The van der Waals surface area contributed by atoms with Crippen LogP contribution in [-0.2, 0) is 17.8 Å². The van der Waals surface area contributed by atoms with Gasteiger partial charge in [0.2, 0.25) is 0 Å². The van der Waals surface area contributed by atoms with Gasteiger partial charge in [0.15, 0.2) is 0 Å². The van der Waals surface area contributed by atoms with E-state index in [0.29, 0.717) is 0 Å². The zero-order valence-electron chi connectivity index (χ0n) is 9.98. The highest BCUT2D eigenvalue weighted by Gasteiger charge is 2.20. The first-order valence-corrected chi connectivity index (χ1v) is 6.12. The third kappa shape index (κ3) is 3.94. The average Bonchev–Trinajstić information content (AvgIpc) is 3.02. The maximum absolute atomic E-state index is 5.02. The van der Waals surface area contributed by atoms with E-state index in [9.17, 15) is 0 Å². The van der Waals surface area contributed by atoms with Gasteiger partial charge in [-0.15, -0.1) is 0 Å². The summed E-state index contributed by atoms with van der Waals surface area (Å²) in [6.07, 6.45) is 9.02. The molecule has 0 spiro atoms. The van der Waals surface area contributed by atoms with Gasteiger partial charge in [-0.05, 0) is 25.7 Å². The van der Waals surface area contributed by atoms with Crippen LogP contribution in [0.3, 0.4) is 0 Å². The maximum Gasteiger partial charge on any atom is 0.0534 e. The van der Waals surface area contributed by atoms with Crippen LogP contribution in [0.4, 0.5) is 0 Å². The molecule has 0 saturated heterocycles. The Morgan fingerprint density at radius 1 is 1.50 bits per heavy atom. The van der Waals surface area contributed by atoms with Crippen LogP contribution in [-0.4, -0.2) is 29.5 Å². The standard InChI is InChI=1S/C12H21N3O/c1-16-7-3-2-6-15-10-11(9-14-15)8-13-12-4-5-12/h9-10,12-13H,2-8H2,1H3. The lowest BCUT2D eigenvalue weighted by atomic mass is 10.3. The lowest BCUT2D eigenvalue weighted by molar-refractivity contribution is 0.191. The van der Waals surface area contributed by atoms with Gasteiger partial charge in [-0.3, -0.25) is 4.68 Å². The molecule has 90 valence electrons. The fourth-order valence-electron chi connectivity index (χ4n) is 1.69. The van der Waals surface area contributed by atoms with Crippen LogP contribution in [0, 0.1) is 0 Å². The monoisotopic (exact) mass is 223 g/mol. The summed E-state index contributed by atoms with van der Waals surface area (Å²) >= 11 is 0. The summed E-state index contributed by atoms with van der Waals surface area (Å²) < 4.78 is 7.04. The molecule has 0 radical (unpaired) electrons. The fraction of sp³-hybridized carbons (Fsp3) is 0.750. The summed E-state index contributed by atoms with van der Waals surface area (Å²) in [5, 5.41) is 7.84. The molecule has 1 aliphatic carbocycles. The predicted octanol–water partition coefficient (Wildman–Crippen LogP) is 1.56. The van der Waals surface area contributed by atoms with Gasteiger partial charge in [-0.25, -0.2) is 0 Å². The molecular formula is C12H21N3O. The Morgan fingerprint density at radius 2 is 2.38 bits per heavy atom. The number of nitrogens with zero attached hydrogens (tertiary/aromatic N) is 2. The van der Waals surface area contributed by atoms with E-state index in [0.717, 1.165) is 38.6 Å². The van der Waals surface area contributed by atoms with Crippen molar-refractivity contribution in [1.29, 1.82) is 0 Å². The van der Waals surface area contributed by atoms with Crippen LogP contribution in [0.25, 0.3) is 0 Å². The number of nitrogens with one attached hydrogen (secondary N) is 1. The van der Waals surface area contributed by atoms with Crippen LogP contribution >= 0.6 is 0 Å². The second kappa shape index (κ2) is 6.01. The minimum Gasteiger partial charge on any atom is -0.385 e. The largest absolute Gasteiger partial charge is 0.385 e. The molecule has 4 heteroatoms. The second-order valence-corrected chi connectivity index (χ2v) is 4.47. The van der Waals surface area contributed by atoms with Gasteiger partial charge in [-0.2, -0.15) is 5.10 Å². The molecule has 0 atom stereocenters. The first-order valence-electron chi connectivity index (χ1n) is 6.12. The molecule has 1 heterocycles. The minimum atomic E-state index is 0.769. The highest BCUT2D eigenvalue weighted by atomic mass is 16.5. The van der Waals surface area contributed by atoms with Crippen LogP contribution in [0.1, 0.15) is 31.2 Å². The quantitative estimate of drug-likeness (QED) is 0.680. The van der Waals surface area contributed by atoms with Crippen LogP contribution < -0.4 is 5.32 Å². The predicted molar refractivity (Wildman–Crippen MR) is 63.2 cm³/mol. The van der Waals surface area contributed by atoms with Crippen molar-refractivity contribution in [3.63, 3.8) is 0 Å². The van der Waals surface area contributed by atoms with Crippen molar-refractivity contribution in [1.82, 2.24) is 15.1 Å². The maximum atomic E-state index is 5.02. The first kappa shape index (κ1) is 11.6. The molecule has 4 nitrogen and oxygen atoms in total. The SMILES string of the molecule is COCCCCn1cc(CNC2CC2)cn1. The molecule has 1 fully saturated rings. The van der Waals surface area contributed by atoms with E-state index >= 15 is 0 Å². The van der Waals surface area contributed by atoms with Crippen LogP contribution in [0.15, 0.2) is 12.4 Å². The highest BCUT2D eigenvalue weighted by Crippen LogP contribution is 2.19. The minimum absolute atomic E-state index is 0.769. The van der Waals surface area contributed by atoms with Gasteiger partial charge >= 0.3 is 0 Å². The van der Waals surface area contributed by atoms with Crippen LogP contribution in [0.2, 0.25) is 0 Å². The smallest absolute Gasteiger partial charge is 0.0534 e. The topological polar surface area (TPSA) is 39.1 Å². The van der Waals surface area contributed by atoms with E-state index in [1.54, 1.807) is 7.11 Å². The summed E-state index contributed by atoms with van der Waals surface area (Å²) in [5.41, 5.74) is 1.29. The summed E-state index contributed by atoms with van der Waals surface area (Å²) in [4.78, 5) is 0. The lowest BCUT2D eigenvalue weighted by Gasteiger charge is -2.01. The molecule has 1 aromatic heterocycles. The second-order valence-electron chi connectivity index (χ2n) is 4.47. The van der Waals surface area contributed by atoms with Gasteiger partial charge in [-0.1, -0.05) is 0 Å². The molecule has 1 saturated carbocycles. The third-order valence-corrected chi connectivity index (χ3v) is 2.84. The summed E-state index contributed by atoms with van der Waals surface area (Å²) in [7, 11) is 1.75. The van der Waals surface area contributed by atoms with Gasteiger partial charge < -0.3 is 10.1 Å². The number of aryl methyl sites for hydroxylation is 1. The number of rotatable bonds is 8. The van der Waals surface area contributed by atoms with Gasteiger partial charge in [0.25, 0.3) is 0 Å². The number of hydrogen-bond acceptors (Lipinski definition) is 3. The number of ether oxygens (including phenoxy) is 1. The number of methoxy groups -OCH3 is 1. The van der Waals surface area contributed by atoms with E-state index < -0.39 is 0 Å². The van der Waals surface area contributed by atoms with E-state index in [4.69, 9.17) is 4.74 Å². The molecule has 0 aliphatic heterocycles. The van der Waals surface area contributed by atoms with Crippen molar-refractivity contribution in [2.75, 3.05) is 13.7 Å². The molecule has 16 heavy (non-hydrogen) atoms. The lowest BCUT2D eigenvalue weighted by Crippen LogP contribution is -2.14. The van der Waals surface area contributed by atoms with Crippen molar-refractivity contribution >= 4 is 0 Å². The molecule has 0 unspecified atom stereocenters. The normalized spacial score (nSPS) is 15.6. The van der Waals surface area contributed by atoms with Crippen molar-refractivity contribution in [2.24, 2.45) is 0 Å². The molecular weight excluding hydrogens is 202 g/mol. The van der Waals surface area contributed by atoms with E-state index in [-0.39, 0.29) is 0 Å². The van der Waals surface area contributed by atoms with Crippen molar-refractivity contribution in [3.05, 3.63) is 18.0 Å². The average molecular weight is 223 g/mol. The summed E-state index contributed by atoms with van der Waals surface area (Å²) in [5.74, 6) is 0. The zero-order chi connectivity index (χ0) is 11.2. The molecule has 0 bridgehead atoms. The van der Waals surface area contributed by atoms with Crippen molar-refractivity contribution in [3.8, 4) is 0 Å². The molecule has 1 aromatic rings. The van der Waals surface area contributed by atoms with Gasteiger partial charge in [0, 0.05) is 44.6 Å². The Labute approximate surface area is 97.0 Å². The highest BCUT2D eigenvalue weighted by molar-refractivity contribution is 5.04. The Balaban J connectivity index is 1.64. The first-order chi connectivity index (χ1) is 7.88. The Bertz CT molecular complexity index is 307. The van der Waals surface area contributed by atoms with E-state index in [1.165, 1.54) is 18.4 Å². The fourth-order valence-corrected chi connectivity index (χ4v) is 1.69. The molecule has 0 aromatic carbocycles. The molecule has 1 aliphatic rings. The molecule has 1 N–H and O–H groups in total. The molecule has 2 rings (SSSR count). The van der Waals surface area contributed by atoms with E-state index in [1.807, 2.05) is 10.9 Å². The number of aromatic nitrogens is 2. The van der Waals surface area contributed by atoms with Gasteiger partial charge in [0.05, 0.1) is 6.20 Å². The summed E-state index contributed by atoms with van der Waals surface area (Å²) in [6.45, 7) is 2.80. The number of hydrogen-bond donors (Lipinski definition) is 1. The van der Waals surface area contributed by atoms with Crippen molar-refractivity contribution in [2.45, 2.75) is 44.8 Å². The summed E-state index contributed by atoms with van der Waals surface area (Å²) in [6, 6.07) is 0.769. The van der Waals surface area contributed by atoms with Crippen LogP contribution in [0.5, 0.6) is 0 Å². The van der Waals surface area contributed by atoms with Crippen molar-refractivity contribution < 1.29 is 4.74 Å². The Kier molecular flexibility index (Phi) is 4.36. The zero-order valence-corrected chi connectivity index (χ0v) is 9.98.